The number of aryl methyl sites for hydroxylation is 1. The molecule has 2 aromatic carbocycles. The second-order valence-corrected chi connectivity index (χ2v) is 11.4. The van der Waals surface area contributed by atoms with Gasteiger partial charge in [0.1, 0.15) is 26.0 Å². The molecule has 0 bridgehead atoms. The number of nitrogens with zero attached hydrogens (tertiary/aromatic N) is 2. The number of carbonyl (C=O) groups is 1. The molecule has 5 nitrogen and oxygen atoms in total. The summed E-state index contributed by atoms with van der Waals surface area (Å²) in [7, 11) is 4.13. The predicted molar refractivity (Wildman–Crippen MR) is 147 cm³/mol. The van der Waals surface area contributed by atoms with E-state index < -0.39 is 0 Å². The Hall–Kier alpha value is -3.02. The molecule has 1 atom stereocenters. The van der Waals surface area contributed by atoms with Gasteiger partial charge in [-0.15, -0.1) is 0 Å². The lowest BCUT2D eigenvalue weighted by Crippen LogP contribution is -2.35. The zero-order valence-corrected chi connectivity index (χ0v) is 22.9. The molecular formula is C30H39BN2O3. The van der Waals surface area contributed by atoms with Crippen LogP contribution in [-0.2, 0) is 34.0 Å². The van der Waals surface area contributed by atoms with Crippen molar-refractivity contribution in [2.75, 3.05) is 6.61 Å². The summed E-state index contributed by atoms with van der Waals surface area (Å²) in [4.78, 5) is 16.8. The third-order valence-electron chi connectivity index (χ3n) is 7.83. The van der Waals surface area contributed by atoms with E-state index in [0.29, 0.717) is 13.2 Å². The molecule has 0 N–H and O–H groups in total. The molecule has 0 saturated heterocycles. The fraction of sp³-hybridized carbons (Fsp3) is 0.467. The number of rotatable bonds is 8. The molecule has 1 aliphatic carbocycles. The molecule has 0 spiro atoms. The summed E-state index contributed by atoms with van der Waals surface area (Å²) in [6.45, 7) is 12.2. The zero-order valence-electron chi connectivity index (χ0n) is 22.9. The lowest BCUT2D eigenvalue weighted by Gasteiger charge is -2.42. The molecule has 0 unspecified atom stereocenters. The van der Waals surface area contributed by atoms with Gasteiger partial charge < -0.3 is 14.0 Å². The standard InChI is InChI=1S/C30H39BN2O3/c1-7-35-27(34)17-23(28-32-14-15-33(28)6)20-8-10-22(11-9-20)36-19-21-16-24-25(18-26(21)31)30(4,5)13-12-29(24,2)3/h8-11,14-16,18,23H,7,12-13,17,19,31H2,1-6H3/t23-/m0/s1. The molecule has 0 aliphatic heterocycles. The number of aromatic nitrogens is 2. The van der Waals surface area contributed by atoms with Crippen LogP contribution in [0.3, 0.4) is 0 Å². The minimum Gasteiger partial charge on any atom is -0.489 e. The Balaban J connectivity index is 1.53. The number of benzene rings is 2. The molecule has 4 rings (SSSR count). The van der Waals surface area contributed by atoms with Crippen LogP contribution in [0.15, 0.2) is 48.8 Å². The van der Waals surface area contributed by atoms with Gasteiger partial charge in [0.2, 0.25) is 0 Å². The van der Waals surface area contributed by atoms with E-state index in [0.717, 1.165) is 17.1 Å². The Morgan fingerprint density at radius 2 is 1.72 bits per heavy atom. The van der Waals surface area contributed by atoms with E-state index in [1.807, 2.05) is 49.0 Å². The number of carbonyl (C=O) groups excluding carboxylic acids is 1. The Kier molecular flexibility index (Phi) is 7.35. The number of imidazole rings is 1. The molecule has 1 heterocycles. The summed E-state index contributed by atoms with van der Waals surface area (Å²) in [6.07, 6.45) is 6.31. The average Bonchev–Trinajstić information content (AvgIpc) is 3.25. The van der Waals surface area contributed by atoms with Crippen molar-refractivity contribution in [2.45, 2.75) is 77.2 Å². The highest BCUT2D eigenvalue weighted by atomic mass is 16.5. The Morgan fingerprint density at radius 3 is 2.31 bits per heavy atom. The van der Waals surface area contributed by atoms with Gasteiger partial charge in [-0.05, 0) is 65.0 Å². The quantitative estimate of drug-likeness (QED) is 0.343. The topological polar surface area (TPSA) is 53.4 Å². The van der Waals surface area contributed by atoms with Crippen molar-refractivity contribution in [3.63, 3.8) is 0 Å². The molecule has 1 aromatic heterocycles. The van der Waals surface area contributed by atoms with Crippen LogP contribution in [0.2, 0.25) is 0 Å². The highest BCUT2D eigenvalue weighted by molar-refractivity contribution is 6.33. The molecular weight excluding hydrogens is 447 g/mol. The van der Waals surface area contributed by atoms with Crippen LogP contribution in [0.5, 0.6) is 5.75 Å². The SMILES string of the molecule is Bc1cc2c(cc1COc1ccc([C@H](CC(=O)OCC)c3nccn3C)cc1)C(C)(C)CCC2(C)C. The Morgan fingerprint density at radius 1 is 1.08 bits per heavy atom. The first-order valence-electron chi connectivity index (χ1n) is 13.0. The predicted octanol–water partition coefficient (Wildman–Crippen LogP) is 4.69. The van der Waals surface area contributed by atoms with Gasteiger partial charge in [-0.2, -0.15) is 0 Å². The van der Waals surface area contributed by atoms with Gasteiger partial charge in [0.05, 0.1) is 18.9 Å². The van der Waals surface area contributed by atoms with Crippen LogP contribution in [0.25, 0.3) is 0 Å². The molecule has 6 heteroatoms. The molecule has 3 aromatic rings. The summed E-state index contributed by atoms with van der Waals surface area (Å²) in [5, 5.41) is 0. The van der Waals surface area contributed by atoms with E-state index in [-0.39, 0.29) is 29.1 Å². The highest BCUT2D eigenvalue weighted by Gasteiger charge is 2.37. The van der Waals surface area contributed by atoms with E-state index in [9.17, 15) is 4.79 Å². The van der Waals surface area contributed by atoms with Crippen LogP contribution in [0, 0.1) is 0 Å². The number of hydrogen-bond acceptors (Lipinski definition) is 4. The van der Waals surface area contributed by atoms with E-state index in [4.69, 9.17) is 9.47 Å². The van der Waals surface area contributed by atoms with E-state index in [1.165, 1.54) is 35.0 Å². The van der Waals surface area contributed by atoms with Gasteiger partial charge >= 0.3 is 5.97 Å². The van der Waals surface area contributed by atoms with Crippen molar-refractivity contribution in [2.24, 2.45) is 7.05 Å². The third kappa shape index (κ3) is 5.38. The zero-order chi connectivity index (χ0) is 26.1. The fourth-order valence-electron chi connectivity index (χ4n) is 5.34. The lowest BCUT2D eigenvalue weighted by atomic mass is 9.62. The van der Waals surface area contributed by atoms with Crippen molar-refractivity contribution >= 4 is 19.3 Å². The van der Waals surface area contributed by atoms with Crippen molar-refractivity contribution in [3.05, 3.63) is 76.9 Å². The average molecular weight is 486 g/mol. The number of hydrogen-bond donors (Lipinski definition) is 0. The summed E-state index contributed by atoms with van der Waals surface area (Å²) in [5.41, 5.74) is 6.84. The van der Waals surface area contributed by atoms with Crippen molar-refractivity contribution in [1.82, 2.24) is 9.55 Å². The monoisotopic (exact) mass is 486 g/mol. The fourth-order valence-corrected chi connectivity index (χ4v) is 5.34. The van der Waals surface area contributed by atoms with Crippen LogP contribution >= 0.6 is 0 Å². The van der Waals surface area contributed by atoms with Crippen LogP contribution in [0.4, 0.5) is 0 Å². The van der Waals surface area contributed by atoms with Crippen LogP contribution in [0.1, 0.15) is 87.9 Å². The van der Waals surface area contributed by atoms with E-state index in [2.05, 4.69) is 52.7 Å². The molecule has 0 radical (unpaired) electrons. The van der Waals surface area contributed by atoms with Crippen LogP contribution < -0.4 is 10.2 Å². The maximum atomic E-state index is 12.3. The van der Waals surface area contributed by atoms with E-state index >= 15 is 0 Å². The van der Waals surface area contributed by atoms with E-state index in [1.54, 1.807) is 6.20 Å². The van der Waals surface area contributed by atoms with Gasteiger partial charge in [0.25, 0.3) is 0 Å². The molecule has 1 aliphatic rings. The molecule has 36 heavy (non-hydrogen) atoms. The first kappa shape index (κ1) is 26.1. The molecule has 0 saturated carbocycles. The summed E-state index contributed by atoms with van der Waals surface area (Å²) in [5.74, 6) is 1.25. The third-order valence-corrected chi connectivity index (χ3v) is 7.83. The molecule has 0 fully saturated rings. The first-order chi connectivity index (χ1) is 17.0. The largest absolute Gasteiger partial charge is 0.489 e. The number of esters is 1. The van der Waals surface area contributed by atoms with Gasteiger partial charge in [0, 0.05) is 19.4 Å². The van der Waals surface area contributed by atoms with Crippen molar-refractivity contribution in [3.8, 4) is 5.75 Å². The highest BCUT2D eigenvalue weighted by Crippen LogP contribution is 2.45. The van der Waals surface area contributed by atoms with Gasteiger partial charge in [0.15, 0.2) is 0 Å². The van der Waals surface area contributed by atoms with Crippen molar-refractivity contribution in [1.29, 1.82) is 0 Å². The normalized spacial score (nSPS) is 16.7. The summed E-state index contributed by atoms with van der Waals surface area (Å²) in [6, 6.07) is 12.8. The number of fused-ring (bicyclic) bond motifs is 1. The minimum absolute atomic E-state index is 0.174. The van der Waals surface area contributed by atoms with Crippen LogP contribution in [-0.4, -0.2) is 30.0 Å². The van der Waals surface area contributed by atoms with Gasteiger partial charge in [-0.3, -0.25) is 4.79 Å². The Labute approximate surface area is 216 Å². The number of ether oxygens (including phenoxy) is 2. The molecule has 0 amide bonds. The molecule has 190 valence electrons. The second kappa shape index (κ2) is 10.2. The van der Waals surface area contributed by atoms with Gasteiger partial charge in [-0.1, -0.05) is 57.4 Å². The minimum atomic E-state index is -0.222. The smallest absolute Gasteiger partial charge is 0.306 e. The lowest BCUT2D eigenvalue weighted by molar-refractivity contribution is -0.143. The summed E-state index contributed by atoms with van der Waals surface area (Å²) < 4.78 is 13.4. The maximum Gasteiger partial charge on any atom is 0.306 e. The Bertz CT molecular complexity index is 1230. The second-order valence-electron chi connectivity index (χ2n) is 11.4. The maximum absolute atomic E-state index is 12.3. The summed E-state index contributed by atoms with van der Waals surface area (Å²) >= 11 is 0. The first-order valence-corrected chi connectivity index (χ1v) is 13.0. The van der Waals surface area contributed by atoms with Gasteiger partial charge in [-0.25, -0.2) is 4.98 Å². The van der Waals surface area contributed by atoms with Crippen molar-refractivity contribution < 1.29 is 14.3 Å².